The van der Waals surface area contributed by atoms with Gasteiger partial charge in [-0.3, -0.25) is 4.79 Å². The van der Waals surface area contributed by atoms with Gasteiger partial charge in [0.05, 0.1) is 6.61 Å². The molecule has 5 nitrogen and oxygen atoms in total. The number of rotatable bonds is 8. The van der Waals surface area contributed by atoms with Crippen LogP contribution in [-0.4, -0.2) is 36.6 Å². The molecule has 0 bridgehead atoms. The van der Waals surface area contributed by atoms with Gasteiger partial charge in [0.25, 0.3) is 5.91 Å². The Morgan fingerprint density at radius 2 is 1.94 bits per heavy atom. The van der Waals surface area contributed by atoms with Crippen molar-refractivity contribution < 1.29 is 19.4 Å². The van der Waals surface area contributed by atoms with Crippen LogP contribution in [0.1, 0.15) is 54.7 Å². The van der Waals surface area contributed by atoms with Crippen LogP contribution in [0.3, 0.4) is 0 Å². The minimum absolute atomic E-state index is 0.0607. The van der Waals surface area contributed by atoms with E-state index in [1.807, 2.05) is 6.08 Å². The van der Waals surface area contributed by atoms with Crippen LogP contribution in [0, 0.1) is 0 Å². The first kappa shape index (κ1) is 20.3. The molecule has 1 amide bonds. The van der Waals surface area contributed by atoms with Gasteiger partial charge >= 0.3 is 0 Å². The van der Waals surface area contributed by atoms with Crippen LogP contribution in [0.4, 0.5) is 0 Å². The van der Waals surface area contributed by atoms with Crippen molar-refractivity contribution in [3.8, 4) is 11.1 Å². The summed E-state index contributed by atoms with van der Waals surface area (Å²) in [6.07, 6.45) is 6.66. The zero-order valence-corrected chi connectivity index (χ0v) is 17.7. The summed E-state index contributed by atoms with van der Waals surface area (Å²) in [5.41, 5.74) is 6.52. The van der Waals surface area contributed by atoms with Crippen molar-refractivity contribution in [2.45, 2.75) is 56.8 Å². The SMILES string of the molecule is O=C(NC1CC1)C1=C[C@@H](c2ccc3c(c2)Cc2ccccc2-3)C[C@@H](OCCCCO)O1. The van der Waals surface area contributed by atoms with E-state index in [2.05, 4.69) is 47.8 Å². The Bertz CT molecular complexity index is 995. The van der Waals surface area contributed by atoms with Gasteiger partial charge in [-0.25, -0.2) is 0 Å². The minimum atomic E-state index is -0.459. The van der Waals surface area contributed by atoms with Crippen LogP contribution in [0.2, 0.25) is 0 Å². The quantitative estimate of drug-likeness (QED) is 0.541. The molecule has 2 atom stereocenters. The fraction of sp³-hybridized carbons (Fsp3) is 0.423. The Kier molecular flexibility index (Phi) is 5.79. The lowest BCUT2D eigenvalue weighted by Gasteiger charge is -2.29. The number of ether oxygens (including phenoxy) is 2. The van der Waals surface area contributed by atoms with Gasteiger partial charge in [-0.15, -0.1) is 0 Å². The van der Waals surface area contributed by atoms with Crippen molar-refractivity contribution in [2.24, 2.45) is 0 Å². The van der Waals surface area contributed by atoms with Gasteiger partial charge in [0.2, 0.25) is 6.29 Å². The Hall–Kier alpha value is -2.63. The van der Waals surface area contributed by atoms with E-state index in [0.717, 1.165) is 25.7 Å². The van der Waals surface area contributed by atoms with Crippen LogP contribution in [0.15, 0.2) is 54.3 Å². The molecular weight excluding hydrogens is 390 g/mol. The van der Waals surface area contributed by atoms with E-state index in [1.165, 1.54) is 27.8 Å². The largest absolute Gasteiger partial charge is 0.459 e. The normalized spacial score (nSPS) is 21.6. The Morgan fingerprint density at radius 3 is 2.77 bits per heavy atom. The molecule has 5 rings (SSSR count). The Morgan fingerprint density at radius 1 is 1.10 bits per heavy atom. The van der Waals surface area contributed by atoms with Gasteiger partial charge in [-0.2, -0.15) is 0 Å². The van der Waals surface area contributed by atoms with E-state index >= 15 is 0 Å². The summed E-state index contributed by atoms with van der Waals surface area (Å²) in [5, 5.41) is 12.0. The maximum atomic E-state index is 12.7. The number of carbonyl (C=O) groups is 1. The molecule has 5 heteroatoms. The number of benzene rings is 2. The van der Waals surface area contributed by atoms with Gasteiger partial charge in [-0.05, 0) is 66.0 Å². The topological polar surface area (TPSA) is 67.8 Å². The van der Waals surface area contributed by atoms with Gasteiger partial charge in [0, 0.05) is 25.0 Å². The lowest BCUT2D eigenvalue weighted by molar-refractivity contribution is -0.146. The molecule has 0 unspecified atom stereocenters. The lowest BCUT2D eigenvalue weighted by Crippen LogP contribution is -2.34. The number of hydrogen-bond acceptors (Lipinski definition) is 4. The molecule has 1 saturated carbocycles. The first-order chi connectivity index (χ1) is 15.2. The molecule has 2 aromatic carbocycles. The summed E-state index contributed by atoms with van der Waals surface area (Å²) in [4.78, 5) is 12.7. The first-order valence-corrected chi connectivity index (χ1v) is 11.3. The molecule has 1 fully saturated rings. The fourth-order valence-electron chi connectivity index (χ4n) is 4.46. The van der Waals surface area contributed by atoms with Crippen LogP contribution in [-0.2, 0) is 20.7 Å². The number of allylic oxidation sites excluding steroid dienone is 1. The van der Waals surface area contributed by atoms with Crippen molar-refractivity contribution in [1.29, 1.82) is 0 Å². The molecule has 1 heterocycles. The average Bonchev–Trinajstić information content (AvgIpc) is 3.53. The highest BCUT2D eigenvalue weighted by atomic mass is 16.7. The maximum Gasteiger partial charge on any atom is 0.286 e. The average molecular weight is 420 g/mol. The molecule has 0 saturated heterocycles. The van der Waals surface area contributed by atoms with Crippen molar-refractivity contribution in [1.82, 2.24) is 5.32 Å². The minimum Gasteiger partial charge on any atom is -0.459 e. The third kappa shape index (κ3) is 4.53. The molecule has 0 spiro atoms. The second kappa shape index (κ2) is 8.85. The highest BCUT2D eigenvalue weighted by Crippen LogP contribution is 2.40. The van der Waals surface area contributed by atoms with Crippen molar-refractivity contribution in [3.63, 3.8) is 0 Å². The first-order valence-electron chi connectivity index (χ1n) is 11.3. The van der Waals surface area contributed by atoms with E-state index in [9.17, 15) is 4.79 Å². The van der Waals surface area contributed by atoms with E-state index in [1.54, 1.807) is 0 Å². The number of fused-ring (bicyclic) bond motifs is 3. The van der Waals surface area contributed by atoms with Crippen molar-refractivity contribution in [3.05, 3.63) is 71.0 Å². The van der Waals surface area contributed by atoms with Crippen LogP contribution < -0.4 is 5.32 Å². The number of aliphatic hydroxyl groups excluding tert-OH is 1. The summed E-state index contributed by atoms with van der Waals surface area (Å²) >= 11 is 0. The number of hydrogen-bond donors (Lipinski definition) is 2. The standard InChI is InChI=1S/C26H29NO4/c28-11-3-4-12-30-25-16-19(15-24(31-25)26(29)27-21-8-9-21)17-7-10-23-20(13-17)14-18-5-1-2-6-22(18)23/h1-2,5-7,10,13,15,19,21,25,28H,3-4,8-9,11-12,14,16H2,(H,27,29)/t19-,25+/m1/s1. The molecule has 0 aromatic heterocycles. The zero-order chi connectivity index (χ0) is 21.2. The molecule has 162 valence electrons. The molecule has 0 radical (unpaired) electrons. The number of amides is 1. The van der Waals surface area contributed by atoms with Crippen molar-refractivity contribution in [2.75, 3.05) is 13.2 Å². The number of carbonyl (C=O) groups excluding carboxylic acids is 1. The summed E-state index contributed by atoms with van der Waals surface area (Å²) in [5.74, 6) is 0.273. The molecular formula is C26H29NO4. The van der Waals surface area contributed by atoms with E-state index in [-0.39, 0.29) is 24.5 Å². The van der Waals surface area contributed by atoms with Crippen molar-refractivity contribution >= 4 is 5.91 Å². The monoisotopic (exact) mass is 419 g/mol. The van der Waals surface area contributed by atoms with Crippen LogP contribution in [0.5, 0.6) is 0 Å². The van der Waals surface area contributed by atoms with Crippen LogP contribution >= 0.6 is 0 Å². The van der Waals surface area contributed by atoms with E-state index < -0.39 is 6.29 Å². The number of unbranched alkanes of at least 4 members (excludes halogenated alkanes) is 1. The molecule has 2 aromatic rings. The zero-order valence-electron chi connectivity index (χ0n) is 17.7. The van der Waals surface area contributed by atoms with E-state index in [0.29, 0.717) is 25.2 Å². The molecule has 2 aliphatic carbocycles. The van der Waals surface area contributed by atoms with Gasteiger partial charge in [-0.1, -0.05) is 42.5 Å². The Balaban J connectivity index is 1.36. The van der Waals surface area contributed by atoms with Gasteiger partial charge in [0.1, 0.15) is 0 Å². The smallest absolute Gasteiger partial charge is 0.286 e. The summed E-state index contributed by atoms with van der Waals surface area (Å²) < 4.78 is 11.8. The fourth-order valence-corrected chi connectivity index (χ4v) is 4.46. The predicted octanol–water partition coefficient (Wildman–Crippen LogP) is 4.04. The number of aliphatic hydroxyl groups is 1. The molecule has 2 N–H and O–H groups in total. The molecule has 3 aliphatic rings. The summed E-state index contributed by atoms with van der Waals surface area (Å²) in [7, 11) is 0. The Labute approximate surface area is 183 Å². The highest BCUT2D eigenvalue weighted by Gasteiger charge is 2.32. The van der Waals surface area contributed by atoms with Crippen LogP contribution in [0.25, 0.3) is 11.1 Å². The second-order valence-corrected chi connectivity index (χ2v) is 8.72. The summed E-state index contributed by atoms with van der Waals surface area (Å²) in [6.45, 7) is 0.666. The molecule has 31 heavy (non-hydrogen) atoms. The maximum absolute atomic E-state index is 12.7. The highest BCUT2D eigenvalue weighted by molar-refractivity contribution is 5.92. The van der Waals surface area contributed by atoms with E-state index in [4.69, 9.17) is 14.6 Å². The predicted molar refractivity (Wildman–Crippen MR) is 118 cm³/mol. The summed E-state index contributed by atoms with van der Waals surface area (Å²) in [6, 6.07) is 15.5. The number of nitrogens with one attached hydrogen (secondary N) is 1. The lowest BCUT2D eigenvalue weighted by atomic mass is 9.90. The molecule has 1 aliphatic heterocycles. The van der Waals surface area contributed by atoms with Gasteiger partial charge in [0.15, 0.2) is 5.76 Å². The third-order valence-corrected chi connectivity index (χ3v) is 6.30. The second-order valence-electron chi connectivity index (χ2n) is 8.72. The van der Waals surface area contributed by atoms with Gasteiger partial charge < -0.3 is 19.9 Å². The third-order valence-electron chi connectivity index (χ3n) is 6.30.